The first-order valence-corrected chi connectivity index (χ1v) is 4.94. The average molecular weight is 207 g/mol. The van der Waals surface area contributed by atoms with Crippen molar-refractivity contribution in [2.24, 2.45) is 0 Å². The summed E-state index contributed by atoms with van der Waals surface area (Å²) in [4.78, 5) is 0. The minimum atomic E-state index is 0.502. The molecule has 1 aromatic heterocycles. The molecule has 0 aliphatic carbocycles. The lowest BCUT2D eigenvalue weighted by molar-refractivity contribution is 0.475. The van der Waals surface area contributed by atoms with E-state index in [0.717, 1.165) is 5.56 Å². The molecule has 0 saturated heterocycles. The van der Waals surface area contributed by atoms with Crippen molar-refractivity contribution in [2.45, 2.75) is 6.92 Å². The van der Waals surface area contributed by atoms with E-state index in [1.165, 1.54) is 11.3 Å². The van der Waals surface area contributed by atoms with Crippen molar-refractivity contribution in [3.05, 3.63) is 29.3 Å². The Morgan fingerprint density at radius 2 is 2.29 bits per heavy atom. The Morgan fingerprint density at radius 3 is 3.00 bits per heavy atom. The average Bonchev–Trinajstić information content (AvgIpc) is 2.66. The Balaban J connectivity index is 2.29. The summed E-state index contributed by atoms with van der Waals surface area (Å²) in [5.74, 6) is 0.627. The highest BCUT2D eigenvalue weighted by atomic mass is 32.1. The molecule has 2 aromatic rings. The highest BCUT2D eigenvalue weighted by Gasteiger charge is 2.05. The zero-order chi connectivity index (χ0) is 9.97. The second kappa shape index (κ2) is 3.63. The molecule has 5 heteroatoms. The van der Waals surface area contributed by atoms with E-state index >= 15 is 0 Å². The molecule has 0 unspecified atom stereocenters. The predicted octanol–water partition coefficient (Wildman–Crippen LogP) is 2.22. The smallest absolute Gasteiger partial charge is 0.299 e. The number of aryl methyl sites for hydroxylation is 1. The van der Waals surface area contributed by atoms with Gasteiger partial charge >= 0.3 is 0 Å². The highest BCUT2D eigenvalue weighted by Crippen LogP contribution is 2.29. The third kappa shape index (κ3) is 1.67. The summed E-state index contributed by atoms with van der Waals surface area (Å²) in [5.41, 5.74) is 9.08. The SMILES string of the molecule is Cc1cccc(Oc2nncs2)c1N. The van der Waals surface area contributed by atoms with Gasteiger partial charge in [-0.05, 0) is 18.6 Å². The van der Waals surface area contributed by atoms with Gasteiger partial charge in [-0.15, -0.1) is 5.10 Å². The number of para-hydroxylation sites is 1. The molecule has 0 bridgehead atoms. The monoisotopic (exact) mass is 207 g/mol. The van der Waals surface area contributed by atoms with Crippen LogP contribution in [0.2, 0.25) is 0 Å². The zero-order valence-corrected chi connectivity index (χ0v) is 8.41. The molecule has 0 fully saturated rings. The lowest BCUT2D eigenvalue weighted by Crippen LogP contribution is -1.94. The summed E-state index contributed by atoms with van der Waals surface area (Å²) in [6, 6.07) is 5.63. The van der Waals surface area contributed by atoms with Gasteiger partial charge in [0, 0.05) is 0 Å². The van der Waals surface area contributed by atoms with Gasteiger partial charge in [0.15, 0.2) is 5.75 Å². The molecule has 14 heavy (non-hydrogen) atoms. The summed E-state index contributed by atoms with van der Waals surface area (Å²) in [6.45, 7) is 1.93. The Kier molecular flexibility index (Phi) is 2.32. The van der Waals surface area contributed by atoms with Crippen LogP contribution >= 0.6 is 11.3 Å². The molecular formula is C9H9N3OS. The van der Waals surface area contributed by atoms with Crippen molar-refractivity contribution in [1.82, 2.24) is 10.2 Å². The van der Waals surface area contributed by atoms with Gasteiger partial charge in [0.2, 0.25) is 0 Å². The number of nitrogens with zero attached hydrogens (tertiary/aromatic N) is 2. The number of hydrogen-bond donors (Lipinski definition) is 1. The standard InChI is InChI=1S/C9H9N3OS/c1-6-3-2-4-7(8(6)10)13-9-12-11-5-14-9/h2-5H,10H2,1H3. The Morgan fingerprint density at radius 1 is 1.43 bits per heavy atom. The Labute approximate surface area is 85.4 Å². The van der Waals surface area contributed by atoms with E-state index in [-0.39, 0.29) is 0 Å². The first-order chi connectivity index (χ1) is 6.77. The molecule has 0 aliphatic heterocycles. The quantitative estimate of drug-likeness (QED) is 0.767. The normalized spacial score (nSPS) is 10.1. The van der Waals surface area contributed by atoms with E-state index in [4.69, 9.17) is 10.5 Å². The molecule has 0 spiro atoms. The number of nitrogen functional groups attached to an aromatic ring is 1. The molecule has 0 amide bonds. The van der Waals surface area contributed by atoms with Gasteiger partial charge in [0.25, 0.3) is 5.19 Å². The summed E-state index contributed by atoms with van der Waals surface area (Å²) >= 11 is 1.33. The third-order valence-corrected chi connectivity index (χ3v) is 2.39. The number of aromatic nitrogens is 2. The van der Waals surface area contributed by atoms with Gasteiger partial charge < -0.3 is 10.5 Å². The Hall–Kier alpha value is -1.62. The van der Waals surface area contributed by atoms with Gasteiger partial charge in [-0.25, -0.2) is 0 Å². The fourth-order valence-corrected chi connectivity index (χ4v) is 1.46. The van der Waals surface area contributed by atoms with Crippen LogP contribution in [-0.4, -0.2) is 10.2 Å². The maximum Gasteiger partial charge on any atom is 0.299 e. The predicted molar refractivity (Wildman–Crippen MR) is 55.6 cm³/mol. The van der Waals surface area contributed by atoms with Crippen LogP contribution in [0.15, 0.2) is 23.7 Å². The van der Waals surface area contributed by atoms with E-state index in [1.807, 2.05) is 25.1 Å². The zero-order valence-electron chi connectivity index (χ0n) is 7.60. The van der Waals surface area contributed by atoms with Crippen LogP contribution in [0.25, 0.3) is 0 Å². The molecule has 2 rings (SSSR count). The minimum Gasteiger partial charge on any atom is -0.428 e. The molecule has 0 radical (unpaired) electrons. The molecule has 0 saturated carbocycles. The third-order valence-electron chi connectivity index (χ3n) is 1.82. The topological polar surface area (TPSA) is 61.0 Å². The van der Waals surface area contributed by atoms with Crippen molar-refractivity contribution in [2.75, 3.05) is 5.73 Å². The van der Waals surface area contributed by atoms with Crippen LogP contribution in [0.1, 0.15) is 5.56 Å². The lowest BCUT2D eigenvalue weighted by atomic mass is 10.2. The largest absolute Gasteiger partial charge is 0.428 e. The molecule has 1 aromatic carbocycles. The Bertz CT molecular complexity index is 428. The number of anilines is 1. The van der Waals surface area contributed by atoms with Gasteiger partial charge in [0.1, 0.15) is 5.51 Å². The van der Waals surface area contributed by atoms with Crippen LogP contribution in [0.3, 0.4) is 0 Å². The molecular weight excluding hydrogens is 198 g/mol. The van der Waals surface area contributed by atoms with E-state index < -0.39 is 0 Å². The second-order valence-corrected chi connectivity index (χ2v) is 3.59. The first-order valence-electron chi connectivity index (χ1n) is 4.06. The molecule has 0 atom stereocenters. The van der Waals surface area contributed by atoms with Crippen LogP contribution in [0, 0.1) is 6.92 Å². The summed E-state index contributed by atoms with van der Waals surface area (Å²) < 4.78 is 5.45. The summed E-state index contributed by atoms with van der Waals surface area (Å²) in [7, 11) is 0. The fourth-order valence-electron chi connectivity index (χ4n) is 1.04. The fraction of sp³-hybridized carbons (Fsp3) is 0.111. The van der Waals surface area contributed by atoms with Crippen molar-refractivity contribution in [1.29, 1.82) is 0 Å². The van der Waals surface area contributed by atoms with Crippen LogP contribution in [-0.2, 0) is 0 Å². The lowest BCUT2D eigenvalue weighted by Gasteiger charge is -2.06. The maximum absolute atomic E-state index is 5.83. The van der Waals surface area contributed by atoms with Crippen LogP contribution in [0.4, 0.5) is 5.69 Å². The van der Waals surface area contributed by atoms with Crippen LogP contribution < -0.4 is 10.5 Å². The van der Waals surface area contributed by atoms with Crippen molar-refractivity contribution < 1.29 is 4.74 Å². The molecule has 2 N–H and O–H groups in total. The van der Waals surface area contributed by atoms with Gasteiger partial charge in [-0.3, -0.25) is 0 Å². The number of hydrogen-bond acceptors (Lipinski definition) is 5. The van der Waals surface area contributed by atoms with E-state index in [1.54, 1.807) is 5.51 Å². The molecule has 0 aliphatic rings. The number of rotatable bonds is 2. The van der Waals surface area contributed by atoms with Gasteiger partial charge in [-0.1, -0.05) is 28.6 Å². The number of benzene rings is 1. The van der Waals surface area contributed by atoms with Gasteiger partial charge in [0.05, 0.1) is 5.69 Å². The van der Waals surface area contributed by atoms with E-state index in [9.17, 15) is 0 Å². The van der Waals surface area contributed by atoms with Crippen LogP contribution in [0.5, 0.6) is 10.9 Å². The highest BCUT2D eigenvalue weighted by molar-refractivity contribution is 7.11. The maximum atomic E-state index is 5.83. The molecule has 4 nitrogen and oxygen atoms in total. The van der Waals surface area contributed by atoms with Gasteiger partial charge in [-0.2, -0.15) is 0 Å². The van der Waals surface area contributed by atoms with Crippen molar-refractivity contribution >= 4 is 17.0 Å². The van der Waals surface area contributed by atoms with Crippen molar-refractivity contribution in [3.8, 4) is 10.9 Å². The second-order valence-electron chi connectivity index (χ2n) is 2.79. The summed E-state index contributed by atoms with van der Waals surface area (Å²) in [5, 5.41) is 7.95. The van der Waals surface area contributed by atoms with Crippen molar-refractivity contribution in [3.63, 3.8) is 0 Å². The minimum absolute atomic E-state index is 0.502. The molecule has 1 heterocycles. The molecule has 72 valence electrons. The number of nitrogens with two attached hydrogens (primary N) is 1. The number of ether oxygens (including phenoxy) is 1. The first kappa shape index (κ1) is 8.96. The summed E-state index contributed by atoms with van der Waals surface area (Å²) in [6.07, 6.45) is 0. The van der Waals surface area contributed by atoms with E-state index in [2.05, 4.69) is 10.2 Å². The van der Waals surface area contributed by atoms with E-state index in [0.29, 0.717) is 16.6 Å².